The summed E-state index contributed by atoms with van der Waals surface area (Å²) in [6.07, 6.45) is 3.11. The third-order valence-electron chi connectivity index (χ3n) is 4.36. The zero-order valence-electron chi connectivity index (χ0n) is 13.9. The van der Waals surface area contributed by atoms with E-state index in [1.165, 1.54) is 36.7 Å². The maximum atomic E-state index is 14.1. The summed E-state index contributed by atoms with van der Waals surface area (Å²) in [7, 11) is -0.458. The molecule has 1 saturated heterocycles. The zero-order chi connectivity index (χ0) is 18.2. The lowest BCUT2D eigenvalue weighted by atomic mass is 10.1. The lowest BCUT2D eigenvalue weighted by Crippen LogP contribution is -2.32. The first-order valence-corrected chi connectivity index (χ1v) is 9.37. The van der Waals surface area contributed by atoms with Crippen LogP contribution in [0.3, 0.4) is 0 Å². The van der Waals surface area contributed by atoms with Crippen molar-refractivity contribution in [1.29, 1.82) is 0 Å². The molecule has 1 aliphatic heterocycles. The van der Waals surface area contributed by atoms with Crippen LogP contribution in [0.5, 0.6) is 0 Å². The number of hydrogen-bond acceptors (Lipinski definition) is 4. The van der Waals surface area contributed by atoms with Crippen molar-refractivity contribution in [1.82, 2.24) is 13.9 Å². The number of hydrogen-bond donors (Lipinski definition) is 0. The highest BCUT2D eigenvalue weighted by Crippen LogP contribution is 2.32. The van der Waals surface area contributed by atoms with E-state index < -0.39 is 21.7 Å². The molecule has 2 heterocycles. The molecule has 6 nitrogen and oxygen atoms in total. The average molecular weight is 371 g/mol. The van der Waals surface area contributed by atoms with Crippen LogP contribution in [0.1, 0.15) is 6.04 Å². The van der Waals surface area contributed by atoms with E-state index in [4.69, 9.17) is 4.74 Å². The van der Waals surface area contributed by atoms with E-state index in [-0.39, 0.29) is 42.3 Å². The monoisotopic (exact) mass is 371 g/mol. The Bertz CT molecular complexity index is 867. The number of sulfonamides is 1. The van der Waals surface area contributed by atoms with Crippen LogP contribution in [0.25, 0.3) is 11.4 Å². The van der Waals surface area contributed by atoms with Gasteiger partial charge in [0.1, 0.15) is 5.82 Å². The molecule has 1 fully saturated rings. The fourth-order valence-electron chi connectivity index (χ4n) is 2.94. The largest absolute Gasteiger partial charge is 0.379 e. The fraction of sp³-hybridized carbons (Fsp3) is 0.438. The molecule has 0 unspecified atom stereocenters. The van der Waals surface area contributed by atoms with Crippen molar-refractivity contribution in [2.75, 3.05) is 33.1 Å². The van der Waals surface area contributed by atoms with Crippen molar-refractivity contribution in [3.63, 3.8) is 0 Å². The minimum atomic E-state index is -3.41. The van der Waals surface area contributed by atoms with Gasteiger partial charge < -0.3 is 9.30 Å². The normalized spacial score (nSPS) is 21.2. The predicted octanol–water partition coefficient (Wildman–Crippen LogP) is 1.91. The summed E-state index contributed by atoms with van der Waals surface area (Å²) < 4.78 is 60.4. The molecule has 25 heavy (non-hydrogen) atoms. The highest BCUT2D eigenvalue weighted by molar-refractivity contribution is 7.89. The van der Waals surface area contributed by atoms with Crippen LogP contribution < -0.4 is 0 Å². The molecule has 9 heteroatoms. The molecule has 0 radical (unpaired) electrons. The summed E-state index contributed by atoms with van der Waals surface area (Å²) in [4.78, 5) is 4.14. The summed E-state index contributed by atoms with van der Waals surface area (Å²) >= 11 is 0. The number of halogens is 2. The molecule has 3 rings (SSSR count). The van der Waals surface area contributed by atoms with Gasteiger partial charge in [-0.2, -0.15) is 0 Å². The van der Waals surface area contributed by atoms with Crippen LogP contribution in [0.2, 0.25) is 0 Å². The molecule has 0 saturated carbocycles. The number of rotatable bonds is 5. The maximum Gasteiger partial charge on any atom is 0.214 e. The van der Waals surface area contributed by atoms with Crippen molar-refractivity contribution < 1.29 is 21.9 Å². The standard InChI is InChI=1S/C16H19F2N3O3S/c1-20(2)25(22,23)10-11-8-24-9-14(11)21-7-6-19-16(21)12-4-3-5-13(17)15(12)18/h3-7,11,14H,8-10H2,1-2H3/t11-,14-/m1/s1. The van der Waals surface area contributed by atoms with Gasteiger partial charge in [-0.1, -0.05) is 6.07 Å². The molecule has 136 valence electrons. The Kier molecular flexibility index (Phi) is 4.90. The molecule has 2 aromatic rings. The van der Waals surface area contributed by atoms with E-state index in [2.05, 4.69) is 4.98 Å². The SMILES string of the molecule is CN(C)S(=O)(=O)C[C@H]1COC[C@H]1n1ccnc1-c1cccc(F)c1F. The molecule has 1 aliphatic rings. The van der Waals surface area contributed by atoms with Gasteiger partial charge in [0.2, 0.25) is 10.0 Å². The van der Waals surface area contributed by atoms with Crippen LogP contribution in [0.4, 0.5) is 8.78 Å². The summed E-state index contributed by atoms with van der Waals surface area (Å²) in [5.74, 6) is -2.09. The van der Waals surface area contributed by atoms with Crippen molar-refractivity contribution in [3.05, 3.63) is 42.2 Å². The van der Waals surface area contributed by atoms with Gasteiger partial charge in [-0.25, -0.2) is 26.5 Å². The first kappa shape index (κ1) is 18.0. The predicted molar refractivity (Wildman–Crippen MR) is 88.4 cm³/mol. The van der Waals surface area contributed by atoms with Gasteiger partial charge in [0.15, 0.2) is 11.6 Å². The molecule has 0 spiro atoms. The van der Waals surface area contributed by atoms with Gasteiger partial charge in [-0.05, 0) is 12.1 Å². The minimum Gasteiger partial charge on any atom is -0.379 e. The zero-order valence-corrected chi connectivity index (χ0v) is 14.7. The topological polar surface area (TPSA) is 64.4 Å². The number of benzene rings is 1. The number of ether oxygens (including phenoxy) is 1. The first-order valence-electron chi connectivity index (χ1n) is 7.76. The lowest BCUT2D eigenvalue weighted by molar-refractivity contribution is 0.182. The van der Waals surface area contributed by atoms with Gasteiger partial charge in [0.05, 0.1) is 30.6 Å². The smallest absolute Gasteiger partial charge is 0.214 e. The Morgan fingerprint density at radius 1 is 1.32 bits per heavy atom. The molecule has 0 aliphatic carbocycles. The fourth-order valence-corrected chi connectivity index (χ4v) is 4.10. The molecule has 0 N–H and O–H groups in total. The second-order valence-corrected chi connectivity index (χ2v) is 8.41. The highest BCUT2D eigenvalue weighted by atomic mass is 32.2. The van der Waals surface area contributed by atoms with Crippen molar-refractivity contribution in [3.8, 4) is 11.4 Å². The van der Waals surface area contributed by atoms with Crippen LogP contribution in [0, 0.1) is 17.6 Å². The van der Waals surface area contributed by atoms with Crippen molar-refractivity contribution >= 4 is 10.0 Å². The van der Waals surface area contributed by atoms with Gasteiger partial charge in [-0.15, -0.1) is 0 Å². The van der Waals surface area contributed by atoms with Crippen LogP contribution in [0.15, 0.2) is 30.6 Å². The van der Waals surface area contributed by atoms with E-state index in [1.807, 2.05) is 0 Å². The molecule has 2 atom stereocenters. The second kappa shape index (κ2) is 6.81. The van der Waals surface area contributed by atoms with Crippen LogP contribution >= 0.6 is 0 Å². The Morgan fingerprint density at radius 3 is 2.80 bits per heavy atom. The molecule has 1 aromatic carbocycles. The van der Waals surface area contributed by atoms with Gasteiger partial charge in [0, 0.05) is 32.4 Å². The van der Waals surface area contributed by atoms with E-state index in [9.17, 15) is 17.2 Å². The molecule has 0 bridgehead atoms. The maximum absolute atomic E-state index is 14.1. The molecular weight excluding hydrogens is 352 g/mol. The summed E-state index contributed by atoms with van der Waals surface area (Å²) in [6, 6.07) is 3.57. The third kappa shape index (κ3) is 3.44. The number of imidazole rings is 1. The average Bonchev–Trinajstić information content (AvgIpc) is 3.18. The summed E-state index contributed by atoms with van der Waals surface area (Å²) in [5, 5.41) is 0. The summed E-state index contributed by atoms with van der Waals surface area (Å²) in [5.41, 5.74) is 0.0334. The number of nitrogens with zero attached hydrogens (tertiary/aromatic N) is 3. The Balaban J connectivity index is 1.95. The first-order chi connectivity index (χ1) is 11.8. The highest BCUT2D eigenvalue weighted by Gasteiger charge is 2.35. The molecule has 0 amide bonds. The van der Waals surface area contributed by atoms with E-state index >= 15 is 0 Å². The van der Waals surface area contributed by atoms with Gasteiger partial charge in [-0.3, -0.25) is 0 Å². The van der Waals surface area contributed by atoms with E-state index in [0.29, 0.717) is 0 Å². The van der Waals surface area contributed by atoms with E-state index in [1.54, 1.807) is 10.8 Å². The number of aromatic nitrogens is 2. The Morgan fingerprint density at radius 2 is 2.08 bits per heavy atom. The van der Waals surface area contributed by atoms with E-state index in [0.717, 1.165) is 6.07 Å². The Labute approximate surface area is 145 Å². The Hall–Kier alpha value is -1.84. The summed E-state index contributed by atoms with van der Waals surface area (Å²) in [6.45, 7) is 0.564. The molecule has 1 aromatic heterocycles. The van der Waals surface area contributed by atoms with Crippen molar-refractivity contribution in [2.45, 2.75) is 6.04 Å². The van der Waals surface area contributed by atoms with Gasteiger partial charge in [0.25, 0.3) is 0 Å². The van der Waals surface area contributed by atoms with Crippen LogP contribution in [-0.4, -0.2) is 55.3 Å². The third-order valence-corrected chi connectivity index (χ3v) is 6.33. The minimum absolute atomic E-state index is 0.0334. The van der Waals surface area contributed by atoms with Crippen LogP contribution in [-0.2, 0) is 14.8 Å². The van der Waals surface area contributed by atoms with Gasteiger partial charge >= 0.3 is 0 Å². The lowest BCUT2D eigenvalue weighted by Gasteiger charge is -2.22. The molecular formula is C16H19F2N3O3S. The second-order valence-electron chi connectivity index (χ2n) is 6.19. The quantitative estimate of drug-likeness (QED) is 0.805. The van der Waals surface area contributed by atoms with Crippen molar-refractivity contribution in [2.24, 2.45) is 5.92 Å².